The normalized spacial score (nSPS) is 19.3. The third-order valence-corrected chi connectivity index (χ3v) is 2.99. The number of carbonyl (C=O) groups is 1. The summed E-state index contributed by atoms with van der Waals surface area (Å²) in [5, 5.41) is 10.3. The topological polar surface area (TPSA) is 59.0 Å². The van der Waals surface area contributed by atoms with Crippen LogP contribution in [0.25, 0.3) is 0 Å². The molecule has 1 aliphatic heterocycles. The third kappa shape index (κ3) is 5.48. The quantitative estimate of drug-likeness (QED) is 0.687. The van der Waals surface area contributed by atoms with Gasteiger partial charge in [-0.1, -0.05) is 0 Å². The minimum Gasteiger partial charge on any atom is -0.466 e. The molecule has 0 aromatic heterocycles. The molecule has 100 valence electrons. The predicted molar refractivity (Wildman–Crippen MR) is 63.7 cm³/mol. The number of hydrogen-bond acceptors (Lipinski definition) is 5. The Kier molecular flexibility index (Phi) is 5.88. The van der Waals surface area contributed by atoms with Crippen LogP contribution in [0.5, 0.6) is 0 Å². The van der Waals surface area contributed by atoms with E-state index in [4.69, 9.17) is 9.47 Å². The lowest BCUT2D eigenvalue weighted by molar-refractivity contribution is -0.143. The lowest BCUT2D eigenvalue weighted by Gasteiger charge is -2.35. The van der Waals surface area contributed by atoms with E-state index in [2.05, 4.69) is 0 Å². The van der Waals surface area contributed by atoms with Crippen LogP contribution >= 0.6 is 0 Å². The van der Waals surface area contributed by atoms with E-state index < -0.39 is 5.60 Å². The Bertz CT molecular complexity index is 239. The van der Waals surface area contributed by atoms with Gasteiger partial charge in [-0.25, -0.2) is 0 Å². The first-order valence-electron chi connectivity index (χ1n) is 6.20. The molecule has 0 radical (unpaired) electrons. The molecular formula is C12H23NO4. The number of ether oxygens (including phenoxy) is 2. The average Bonchev–Trinajstić information content (AvgIpc) is 2.27. The van der Waals surface area contributed by atoms with E-state index in [0.717, 1.165) is 0 Å². The highest BCUT2D eigenvalue weighted by atomic mass is 16.5. The highest BCUT2D eigenvalue weighted by molar-refractivity contribution is 5.69. The van der Waals surface area contributed by atoms with Crippen molar-refractivity contribution in [1.82, 2.24) is 4.90 Å². The molecule has 0 atom stereocenters. The van der Waals surface area contributed by atoms with Gasteiger partial charge in [-0.2, -0.15) is 0 Å². The van der Waals surface area contributed by atoms with Crippen molar-refractivity contribution in [2.45, 2.75) is 31.8 Å². The van der Waals surface area contributed by atoms with Crippen molar-refractivity contribution in [3.63, 3.8) is 0 Å². The second-order valence-corrected chi connectivity index (χ2v) is 4.63. The Morgan fingerprint density at radius 1 is 1.47 bits per heavy atom. The zero-order valence-corrected chi connectivity index (χ0v) is 10.8. The van der Waals surface area contributed by atoms with Crippen molar-refractivity contribution >= 4 is 5.97 Å². The first-order chi connectivity index (χ1) is 8.06. The number of carbonyl (C=O) groups excluding carboxylic acids is 1. The molecule has 17 heavy (non-hydrogen) atoms. The fraction of sp³-hybridized carbons (Fsp3) is 0.917. The summed E-state index contributed by atoms with van der Waals surface area (Å²) in [6, 6.07) is 0. The number of aliphatic hydroxyl groups is 1. The van der Waals surface area contributed by atoms with E-state index in [0.29, 0.717) is 52.2 Å². The summed E-state index contributed by atoms with van der Waals surface area (Å²) in [5.41, 5.74) is -0.665. The Hall–Kier alpha value is -0.650. The van der Waals surface area contributed by atoms with Crippen LogP contribution in [0, 0.1) is 0 Å². The first kappa shape index (κ1) is 14.4. The van der Waals surface area contributed by atoms with Gasteiger partial charge in [-0.15, -0.1) is 0 Å². The number of rotatable bonds is 6. The van der Waals surface area contributed by atoms with Crippen LogP contribution in [-0.2, 0) is 14.3 Å². The maximum Gasteiger partial charge on any atom is 0.307 e. The molecule has 0 aromatic carbocycles. The fourth-order valence-corrected chi connectivity index (χ4v) is 2.01. The molecular weight excluding hydrogens is 222 g/mol. The molecule has 1 rings (SSSR count). The second kappa shape index (κ2) is 6.93. The van der Waals surface area contributed by atoms with Crippen LogP contribution in [0.2, 0.25) is 0 Å². The van der Waals surface area contributed by atoms with E-state index in [1.54, 1.807) is 6.92 Å². The van der Waals surface area contributed by atoms with Crippen molar-refractivity contribution in [3.05, 3.63) is 0 Å². The van der Waals surface area contributed by atoms with Gasteiger partial charge < -0.3 is 19.5 Å². The smallest absolute Gasteiger partial charge is 0.307 e. The van der Waals surface area contributed by atoms with E-state index in [1.807, 2.05) is 11.9 Å². The number of esters is 1. The van der Waals surface area contributed by atoms with E-state index in [-0.39, 0.29) is 5.97 Å². The van der Waals surface area contributed by atoms with Crippen LogP contribution < -0.4 is 0 Å². The van der Waals surface area contributed by atoms with Crippen LogP contribution in [0.1, 0.15) is 26.2 Å². The summed E-state index contributed by atoms with van der Waals surface area (Å²) in [7, 11) is 1.91. The van der Waals surface area contributed by atoms with Crippen LogP contribution in [0.4, 0.5) is 0 Å². The Balaban J connectivity index is 2.23. The lowest BCUT2D eigenvalue weighted by atomic mass is 9.94. The molecule has 0 aliphatic carbocycles. The SMILES string of the molecule is CCOC(=O)CCN(C)CC1(O)CCOCC1. The van der Waals surface area contributed by atoms with Gasteiger partial charge in [-0.05, 0) is 14.0 Å². The summed E-state index contributed by atoms with van der Waals surface area (Å²) in [4.78, 5) is 13.2. The molecule has 0 aromatic rings. The molecule has 0 unspecified atom stereocenters. The first-order valence-corrected chi connectivity index (χ1v) is 6.20. The predicted octanol–water partition coefficient (Wildman–Crippen LogP) is 0.413. The molecule has 1 N–H and O–H groups in total. The van der Waals surface area contributed by atoms with E-state index in [9.17, 15) is 9.90 Å². The molecule has 5 heteroatoms. The molecule has 1 saturated heterocycles. The zero-order chi connectivity index (χ0) is 12.7. The Morgan fingerprint density at radius 2 is 2.12 bits per heavy atom. The molecule has 0 spiro atoms. The van der Waals surface area contributed by atoms with Gasteiger partial charge in [0.05, 0.1) is 18.6 Å². The van der Waals surface area contributed by atoms with Gasteiger partial charge in [0.15, 0.2) is 0 Å². The van der Waals surface area contributed by atoms with Gasteiger partial charge in [0.2, 0.25) is 0 Å². The van der Waals surface area contributed by atoms with Crippen molar-refractivity contribution in [1.29, 1.82) is 0 Å². The maximum atomic E-state index is 11.2. The van der Waals surface area contributed by atoms with Gasteiger partial charge >= 0.3 is 5.97 Å². The van der Waals surface area contributed by atoms with Gasteiger partial charge in [0.25, 0.3) is 0 Å². The summed E-state index contributed by atoms with van der Waals surface area (Å²) in [5.74, 6) is -0.182. The summed E-state index contributed by atoms with van der Waals surface area (Å²) < 4.78 is 10.1. The second-order valence-electron chi connectivity index (χ2n) is 4.63. The largest absolute Gasteiger partial charge is 0.466 e. The van der Waals surface area contributed by atoms with Crippen molar-refractivity contribution < 1.29 is 19.4 Å². The van der Waals surface area contributed by atoms with Gasteiger partial charge in [-0.3, -0.25) is 4.79 Å². The van der Waals surface area contributed by atoms with Crippen molar-refractivity contribution in [3.8, 4) is 0 Å². The highest BCUT2D eigenvalue weighted by Gasteiger charge is 2.30. The summed E-state index contributed by atoms with van der Waals surface area (Å²) in [6.07, 6.45) is 1.70. The van der Waals surface area contributed by atoms with Crippen molar-refractivity contribution in [2.75, 3.05) is 40.0 Å². The molecule has 1 fully saturated rings. The lowest BCUT2D eigenvalue weighted by Crippen LogP contribution is -2.46. The summed E-state index contributed by atoms with van der Waals surface area (Å²) >= 11 is 0. The van der Waals surface area contributed by atoms with Crippen LogP contribution in [0.3, 0.4) is 0 Å². The standard InChI is InChI=1S/C12H23NO4/c1-3-17-11(14)4-7-13(2)10-12(15)5-8-16-9-6-12/h15H,3-10H2,1-2H3. The number of nitrogens with zero attached hydrogens (tertiary/aromatic N) is 1. The molecule has 0 amide bonds. The van der Waals surface area contributed by atoms with Gasteiger partial charge in [0.1, 0.15) is 0 Å². The minimum absolute atomic E-state index is 0.182. The molecule has 1 aliphatic rings. The molecule has 5 nitrogen and oxygen atoms in total. The molecule has 1 heterocycles. The molecule has 0 bridgehead atoms. The third-order valence-electron chi connectivity index (χ3n) is 2.99. The zero-order valence-electron chi connectivity index (χ0n) is 10.8. The minimum atomic E-state index is -0.665. The molecule has 0 saturated carbocycles. The van der Waals surface area contributed by atoms with Crippen LogP contribution in [-0.4, -0.2) is 61.5 Å². The monoisotopic (exact) mass is 245 g/mol. The average molecular weight is 245 g/mol. The van der Waals surface area contributed by atoms with E-state index in [1.165, 1.54) is 0 Å². The van der Waals surface area contributed by atoms with Gasteiger partial charge in [0, 0.05) is 39.1 Å². The number of likely N-dealkylation sites (N-methyl/N-ethyl adjacent to an activating group) is 1. The van der Waals surface area contributed by atoms with E-state index >= 15 is 0 Å². The number of hydrogen-bond donors (Lipinski definition) is 1. The maximum absolute atomic E-state index is 11.2. The highest BCUT2D eigenvalue weighted by Crippen LogP contribution is 2.21. The van der Waals surface area contributed by atoms with Crippen molar-refractivity contribution in [2.24, 2.45) is 0 Å². The Morgan fingerprint density at radius 3 is 2.71 bits per heavy atom. The van der Waals surface area contributed by atoms with Crippen LogP contribution in [0.15, 0.2) is 0 Å². The Labute approximate surface area is 103 Å². The summed E-state index contributed by atoms with van der Waals surface area (Å²) in [6.45, 7) is 4.64. The fourth-order valence-electron chi connectivity index (χ4n) is 2.01.